The highest BCUT2D eigenvalue weighted by atomic mass is 16.7. The van der Waals surface area contributed by atoms with E-state index in [4.69, 9.17) is 23.7 Å². The zero-order valence-electron chi connectivity index (χ0n) is 24.6. The third kappa shape index (κ3) is 4.31. The van der Waals surface area contributed by atoms with E-state index in [2.05, 4.69) is 6.08 Å². The third-order valence-electron chi connectivity index (χ3n) is 10.2. The van der Waals surface area contributed by atoms with Crippen LogP contribution in [0.4, 0.5) is 0 Å². The van der Waals surface area contributed by atoms with Crippen molar-refractivity contribution in [1.29, 1.82) is 0 Å². The molecule has 4 unspecified atom stereocenters. The van der Waals surface area contributed by atoms with Gasteiger partial charge in [-0.25, -0.2) is 14.4 Å². The molecule has 2 aliphatic heterocycles. The second-order valence-electron chi connectivity index (χ2n) is 12.4. The van der Waals surface area contributed by atoms with Gasteiger partial charge in [0, 0.05) is 5.41 Å². The largest absolute Gasteiger partial charge is 0.461 e. The summed E-state index contributed by atoms with van der Waals surface area (Å²) in [6, 6.07) is 26.3. The molecule has 7 rings (SSSR count). The molecule has 1 saturated carbocycles. The van der Waals surface area contributed by atoms with E-state index >= 15 is 0 Å². The molecular formula is C36H34O8. The number of hydrogen-bond donors (Lipinski definition) is 0. The van der Waals surface area contributed by atoms with E-state index in [0.29, 0.717) is 29.7 Å². The SMILES string of the molecule is CC1=CC2OC3C(OC(=O)c4ccccc4)C(OC(=O)c4ccccc4)[C@@](C)([C@]2(COC(=O)c2ccccc2)CC1)[C@]31CO1. The highest BCUT2D eigenvalue weighted by Crippen LogP contribution is 2.72. The summed E-state index contributed by atoms with van der Waals surface area (Å²) in [6.07, 6.45) is 0.258. The van der Waals surface area contributed by atoms with Crippen LogP contribution in [-0.4, -0.2) is 61.1 Å². The summed E-state index contributed by atoms with van der Waals surface area (Å²) in [7, 11) is 0. The molecule has 2 bridgehead atoms. The van der Waals surface area contributed by atoms with Crippen molar-refractivity contribution in [2.45, 2.75) is 56.7 Å². The van der Waals surface area contributed by atoms with Crippen LogP contribution in [0.5, 0.6) is 0 Å². The van der Waals surface area contributed by atoms with Crippen molar-refractivity contribution in [3.05, 3.63) is 119 Å². The second-order valence-corrected chi connectivity index (χ2v) is 12.4. The van der Waals surface area contributed by atoms with Crippen LogP contribution in [0.15, 0.2) is 103 Å². The maximum Gasteiger partial charge on any atom is 0.338 e. The third-order valence-corrected chi connectivity index (χ3v) is 10.2. The number of carbonyl (C=O) groups is 3. The van der Waals surface area contributed by atoms with Crippen LogP contribution >= 0.6 is 0 Å². The fourth-order valence-electron chi connectivity index (χ4n) is 7.66. The number of carbonyl (C=O) groups excluding carboxylic acids is 3. The average molecular weight is 595 g/mol. The molecule has 3 aromatic carbocycles. The minimum Gasteiger partial charge on any atom is -0.461 e. The van der Waals surface area contributed by atoms with Crippen LogP contribution in [0.2, 0.25) is 0 Å². The molecule has 0 N–H and O–H groups in total. The Morgan fingerprint density at radius 1 is 0.795 bits per heavy atom. The summed E-state index contributed by atoms with van der Waals surface area (Å²) in [5.74, 6) is -1.55. The fourth-order valence-corrected chi connectivity index (χ4v) is 7.66. The van der Waals surface area contributed by atoms with Crippen LogP contribution in [0.3, 0.4) is 0 Å². The van der Waals surface area contributed by atoms with Crippen LogP contribution in [-0.2, 0) is 23.7 Å². The minimum atomic E-state index is -0.969. The Kier molecular flexibility index (Phi) is 6.94. The average Bonchev–Trinajstić information content (AvgIpc) is 3.85. The zero-order valence-corrected chi connectivity index (χ0v) is 24.6. The summed E-state index contributed by atoms with van der Waals surface area (Å²) in [6.45, 7) is 4.40. The van der Waals surface area contributed by atoms with E-state index in [-0.39, 0.29) is 6.61 Å². The zero-order chi connectivity index (χ0) is 30.5. The first-order chi connectivity index (χ1) is 21.3. The molecule has 2 aliphatic carbocycles. The number of hydrogen-bond acceptors (Lipinski definition) is 8. The Balaban J connectivity index is 1.31. The highest BCUT2D eigenvalue weighted by Gasteiger charge is 2.86. The number of fused-ring (bicyclic) bond motifs is 2. The standard InChI is InChI=1S/C36H34O8/c1-23-18-19-35(21-40-31(37)24-12-6-3-7-13-24)27(20-23)42-30-28(43-32(38)25-14-8-4-9-15-25)29(34(35,2)36(30)22-41-36)44-33(39)26-16-10-5-11-17-26/h3-17,20,27-30H,18-19,21-22H2,1-2H3/t27?,28?,29?,30?,34-,35-,36-/m0/s1. The lowest BCUT2D eigenvalue weighted by atomic mass is 9.51. The Morgan fingerprint density at radius 2 is 1.32 bits per heavy atom. The summed E-state index contributed by atoms with van der Waals surface area (Å²) >= 11 is 0. The second kappa shape index (κ2) is 10.7. The van der Waals surface area contributed by atoms with Crippen molar-refractivity contribution >= 4 is 17.9 Å². The molecule has 7 atom stereocenters. The monoisotopic (exact) mass is 594 g/mol. The number of rotatable bonds is 7. The van der Waals surface area contributed by atoms with Gasteiger partial charge < -0.3 is 23.7 Å². The van der Waals surface area contributed by atoms with Gasteiger partial charge in [0.1, 0.15) is 18.3 Å². The topological polar surface area (TPSA) is 101 Å². The van der Waals surface area contributed by atoms with Gasteiger partial charge in [-0.1, -0.05) is 73.2 Å². The molecule has 1 spiro atoms. The Labute approximate surface area is 255 Å². The number of esters is 3. The molecular weight excluding hydrogens is 560 g/mol. The van der Waals surface area contributed by atoms with Gasteiger partial charge in [-0.2, -0.15) is 0 Å². The van der Waals surface area contributed by atoms with Crippen molar-refractivity contribution < 1.29 is 38.1 Å². The molecule has 8 nitrogen and oxygen atoms in total. The Bertz CT molecular complexity index is 1600. The van der Waals surface area contributed by atoms with Gasteiger partial charge >= 0.3 is 17.9 Å². The first-order valence-electron chi connectivity index (χ1n) is 15.0. The number of epoxide rings is 1. The number of allylic oxidation sites excluding steroid dienone is 1. The van der Waals surface area contributed by atoms with Crippen molar-refractivity contribution in [3.8, 4) is 0 Å². The van der Waals surface area contributed by atoms with Gasteiger partial charge in [0.15, 0.2) is 12.2 Å². The van der Waals surface area contributed by atoms with Crippen LogP contribution in [0.25, 0.3) is 0 Å². The molecule has 2 heterocycles. The highest BCUT2D eigenvalue weighted by molar-refractivity contribution is 5.91. The van der Waals surface area contributed by atoms with Crippen LogP contribution < -0.4 is 0 Å². The molecule has 226 valence electrons. The predicted octanol–water partition coefficient (Wildman–Crippen LogP) is 5.58. The molecule has 0 aromatic heterocycles. The van der Waals surface area contributed by atoms with E-state index in [9.17, 15) is 14.4 Å². The van der Waals surface area contributed by atoms with Crippen molar-refractivity contribution in [2.75, 3.05) is 13.2 Å². The van der Waals surface area contributed by atoms with Gasteiger partial charge in [0.2, 0.25) is 0 Å². The Morgan fingerprint density at radius 3 is 1.86 bits per heavy atom. The van der Waals surface area contributed by atoms with Crippen molar-refractivity contribution in [3.63, 3.8) is 0 Å². The lowest BCUT2D eigenvalue weighted by Gasteiger charge is -2.57. The van der Waals surface area contributed by atoms with Gasteiger partial charge in [-0.15, -0.1) is 0 Å². The number of benzene rings is 3. The smallest absolute Gasteiger partial charge is 0.338 e. The van der Waals surface area contributed by atoms with E-state index in [1.807, 2.05) is 32.0 Å². The summed E-state index contributed by atoms with van der Waals surface area (Å²) in [4.78, 5) is 40.5. The first-order valence-corrected chi connectivity index (χ1v) is 15.0. The lowest BCUT2D eigenvalue weighted by molar-refractivity contribution is -0.226. The summed E-state index contributed by atoms with van der Waals surface area (Å²) in [5, 5.41) is 0. The molecule has 44 heavy (non-hydrogen) atoms. The maximum absolute atomic E-state index is 13.7. The maximum atomic E-state index is 13.7. The van der Waals surface area contributed by atoms with Crippen molar-refractivity contribution in [2.24, 2.45) is 10.8 Å². The molecule has 8 heteroatoms. The van der Waals surface area contributed by atoms with Crippen molar-refractivity contribution in [1.82, 2.24) is 0 Å². The van der Waals surface area contributed by atoms with Crippen LogP contribution in [0, 0.1) is 10.8 Å². The van der Waals surface area contributed by atoms with Crippen LogP contribution in [0.1, 0.15) is 57.8 Å². The van der Waals surface area contributed by atoms with Gasteiger partial charge in [0.25, 0.3) is 0 Å². The Hall–Kier alpha value is -4.27. The lowest BCUT2D eigenvalue weighted by Crippen LogP contribution is -2.66. The minimum absolute atomic E-state index is 0.00223. The summed E-state index contributed by atoms with van der Waals surface area (Å²) < 4.78 is 31.8. The molecule has 4 aliphatic rings. The van der Waals surface area contributed by atoms with E-state index in [1.165, 1.54) is 0 Å². The normalized spacial score (nSPS) is 33.1. The molecule has 0 radical (unpaired) electrons. The van der Waals surface area contributed by atoms with E-state index in [1.54, 1.807) is 72.8 Å². The van der Waals surface area contributed by atoms with E-state index in [0.717, 1.165) is 12.0 Å². The molecule has 3 aromatic rings. The quantitative estimate of drug-likeness (QED) is 0.151. The summed E-state index contributed by atoms with van der Waals surface area (Å²) in [5.41, 5.74) is -0.381. The molecule has 3 fully saturated rings. The molecule has 2 saturated heterocycles. The van der Waals surface area contributed by atoms with Gasteiger partial charge in [-0.3, -0.25) is 0 Å². The molecule has 0 amide bonds. The van der Waals surface area contributed by atoms with Gasteiger partial charge in [-0.05, 0) is 56.2 Å². The van der Waals surface area contributed by atoms with E-state index < -0.39 is 58.8 Å². The fraction of sp³-hybridized carbons (Fsp3) is 0.361. The number of ether oxygens (including phenoxy) is 5. The first kappa shape index (κ1) is 28.5. The van der Waals surface area contributed by atoms with Gasteiger partial charge in [0.05, 0.1) is 34.8 Å². The predicted molar refractivity (Wildman–Crippen MR) is 159 cm³/mol.